The molecule has 104 valence electrons. The van der Waals surface area contributed by atoms with Crippen LogP contribution in [0.25, 0.3) is 0 Å². The maximum Gasteiger partial charge on any atom is 0.240 e. The molecule has 1 amide bonds. The van der Waals surface area contributed by atoms with E-state index in [2.05, 4.69) is 19.2 Å². The van der Waals surface area contributed by atoms with Crippen molar-refractivity contribution in [2.75, 3.05) is 25.3 Å². The molecule has 5 heteroatoms. The van der Waals surface area contributed by atoms with E-state index < -0.39 is 0 Å². The molecule has 1 saturated heterocycles. The predicted molar refractivity (Wildman–Crippen MR) is 74.6 cm³/mol. The van der Waals surface area contributed by atoms with Crippen LogP contribution >= 0.6 is 11.8 Å². The molecule has 18 heavy (non-hydrogen) atoms. The molecule has 0 aromatic rings. The van der Waals surface area contributed by atoms with Gasteiger partial charge in [0.1, 0.15) is 0 Å². The minimum atomic E-state index is 0.00180. The Morgan fingerprint density at radius 2 is 2.28 bits per heavy atom. The monoisotopic (exact) mass is 272 g/mol. The molecule has 1 aliphatic carbocycles. The fourth-order valence-electron chi connectivity index (χ4n) is 2.96. The number of thioether (sulfide) groups is 1. The van der Waals surface area contributed by atoms with Gasteiger partial charge in [-0.25, -0.2) is 0 Å². The molecule has 0 bridgehead atoms. The average molecular weight is 272 g/mol. The fraction of sp³-hybridized carbons (Fsp3) is 0.923. The number of rotatable bonds is 4. The Balaban J connectivity index is 1.94. The van der Waals surface area contributed by atoms with E-state index in [0.29, 0.717) is 6.04 Å². The zero-order valence-corrected chi connectivity index (χ0v) is 12.5. The highest BCUT2D eigenvalue weighted by molar-refractivity contribution is 7.99. The summed E-state index contributed by atoms with van der Waals surface area (Å²) in [6.07, 6.45) is 1.25. The number of hydrogen-bond acceptors (Lipinski definition) is 4. The summed E-state index contributed by atoms with van der Waals surface area (Å²) in [5, 5.41) is 3.24. The molecule has 3 atom stereocenters. The highest BCUT2D eigenvalue weighted by Crippen LogP contribution is 2.45. The SMILES string of the molecule is CCO[C@H]1C[C@H](N(C)C(=O)[C@H]2CSCN2)C1(C)C. The Morgan fingerprint density at radius 3 is 2.78 bits per heavy atom. The quantitative estimate of drug-likeness (QED) is 0.838. The van der Waals surface area contributed by atoms with Crippen molar-refractivity contribution in [3.63, 3.8) is 0 Å². The largest absolute Gasteiger partial charge is 0.378 e. The summed E-state index contributed by atoms with van der Waals surface area (Å²) in [6.45, 7) is 7.17. The van der Waals surface area contributed by atoms with Gasteiger partial charge in [0, 0.05) is 36.7 Å². The lowest BCUT2D eigenvalue weighted by Crippen LogP contribution is -2.64. The summed E-state index contributed by atoms with van der Waals surface area (Å²) in [5.41, 5.74) is 0.0617. The normalized spacial score (nSPS) is 34.1. The van der Waals surface area contributed by atoms with Gasteiger partial charge in [-0.2, -0.15) is 0 Å². The van der Waals surface area contributed by atoms with Gasteiger partial charge in [-0.15, -0.1) is 11.8 Å². The van der Waals surface area contributed by atoms with Crippen LogP contribution in [0.15, 0.2) is 0 Å². The first-order valence-corrected chi connectivity index (χ1v) is 7.83. The summed E-state index contributed by atoms with van der Waals surface area (Å²) in [4.78, 5) is 14.3. The lowest BCUT2D eigenvalue weighted by molar-refractivity contribution is -0.164. The predicted octanol–water partition coefficient (Wildman–Crippen LogP) is 1.31. The number of carbonyl (C=O) groups excluding carboxylic acids is 1. The molecule has 1 aliphatic heterocycles. The van der Waals surface area contributed by atoms with E-state index in [4.69, 9.17) is 4.74 Å². The molecule has 2 fully saturated rings. The summed E-state index contributed by atoms with van der Waals surface area (Å²) in [5.74, 6) is 2.01. The van der Waals surface area contributed by atoms with Crippen molar-refractivity contribution < 1.29 is 9.53 Å². The molecule has 2 rings (SSSR count). The number of nitrogens with one attached hydrogen (secondary N) is 1. The fourth-order valence-corrected chi connectivity index (χ4v) is 3.89. The lowest BCUT2D eigenvalue weighted by Gasteiger charge is -2.55. The summed E-state index contributed by atoms with van der Waals surface area (Å²) in [6, 6.07) is 0.302. The Labute approximate surface area is 114 Å². The molecule has 0 spiro atoms. The third-order valence-electron chi connectivity index (χ3n) is 4.32. The minimum Gasteiger partial charge on any atom is -0.378 e. The van der Waals surface area contributed by atoms with Gasteiger partial charge < -0.3 is 9.64 Å². The third kappa shape index (κ3) is 2.40. The van der Waals surface area contributed by atoms with Gasteiger partial charge in [-0.1, -0.05) is 13.8 Å². The zero-order chi connectivity index (χ0) is 13.3. The van der Waals surface area contributed by atoms with Crippen molar-refractivity contribution in [1.29, 1.82) is 0 Å². The molecule has 0 aromatic heterocycles. The van der Waals surface area contributed by atoms with Crippen LogP contribution in [0.5, 0.6) is 0 Å². The maximum absolute atomic E-state index is 12.3. The van der Waals surface area contributed by atoms with Crippen molar-refractivity contribution in [3.05, 3.63) is 0 Å². The molecular weight excluding hydrogens is 248 g/mol. The summed E-state index contributed by atoms with van der Waals surface area (Å²) < 4.78 is 5.72. The van der Waals surface area contributed by atoms with Gasteiger partial charge in [-0.3, -0.25) is 10.1 Å². The van der Waals surface area contributed by atoms with Crippen molar-refractivity contribution in [3.8, 4) is 0 Å². The number of ether oxygens (including phenoxy) is 1. The van der Waals surface area contributed by atoms with E-state index in [1.165, 1.54) is 0 Å². The molecule has 1 N–H and O–H groups in total. The Bertz CT molecular complexity index is 316. The van der Waals surface area contributed by atoms with Gasteiger partial charge in [-0.05, 0) is 13.3 Å². The van der Waals surface area contributed by atoms with Gasteiger partial charge in [0.25, 0.3) is 0 Å². The van der Waals surface area contributed by atoms with Crippen LogP contribution in [0.4, 0.5) is 0 Å². The van der Waals surface area contributed by atoms with Crippen molar-refractivity contribution in [1.82, 2.24) is 10.2 Å². The van der Waals surface area contributed by atoms with E-state index in [0.717, 1.165) is 24.7 Å². The smallest absolute Gasteiger partial charge is 0.240 e. The van der Waals surface area contributed by atoms with Crippen molar-refractivity contribution in [2.45, 2.75) is 45.4 Å². The topological polar surface area (TPSA) is 41.6 Å². The van der Waals surface area contributed by atoms with Crippen LogP contribution in [-0.2, 0) is 9.53 Å². The number of nitrogens with zero attached hydrogens (tertiary/aromatic N) is 1. The summed E-state index contributed by atoms with van der Waals surface area (Å²) >= 11 is 1.79. The molecule has 4 nitrogen and oxygen atoms in total. The molecule has 2 aliphatic rings. The van der Waals surface area contributed by atoms with Crippen LogP contribution in [-0.4, -0.2) is 54.3 Å². The highest BCUT2D eigenvalue weighted by atomic mass is 32.2. The number of carbonyl (C=O) groups is 1. The van der Waals surface area contributed by atoms with Gasteiger partial charge in [0.15, 0.2) is 0 Å². The average Bonchev–Trinajstić information content (AvgIpc) is 2.86. The van der Waals surface area contributed by atoms with Gasteiger partial charge in [0.05, 0.1) is 12.1 Å². The first-order chi connectivity index (χ1) is 8.48. The number of hydrogen-bond donors (Lipinski definition) is 1. The number of amides is 1. The first kappa shape index (κ1) is 14.2. The lowest BCUT2D eigenvalue weighted by atomic mass is 9.63. The van der Waals surface area contributed by atoms with E-state index >= 15 is 0 Å². The second-order valence-electron chi connectivity index (χ2n) is 5.74. The van der Waals surface area contributed by atoms with Crippen LogP contribution in [0.1, 0.15) is 27.2 Å². The highest BCUT2D eigenvalue weighted by Gasteiger charge is 2.52. The van der Waals surface area contributed by atoms with E-state index in [1.54, 1.807) is 11.8 Å². The maximum atomic E-state index is 12.3. The molecule has 0 radical (unpaired) electrons. The zero-order valence-electron chi connectivity index (χ0n) is 11.7. The van der Waals surface area contributed by atoms with E-state index in [1.807, 2.05) is 18.9 Å². The third-order valence-corrected chi connectivity index (χ3v) is 5.26. The molecule has 1 saturated carbocycles. The number of likely N-dealkylation sites (N-methyl/N-ethyl adjacent to an activating group) is 1. The van der Waals surface area contributed by atoms with Crippen molar-refractivity contribution in [2.24, 2.45) is 5.41 Å². The summed E-state index contributed by atoms with van der Waals surface area (Å²) in [7, 11) is 1.93. The molecule has 0 aromatic carbocycles. The standard InChI is InChI=1S/C13H24N2O2S/c1-5-17-11-6-10(13(11,2)3)15(4)12(16)9-7-18-8-14-9/h9-11,14H,5-8H2,1-4H3/t9-,10+,11+/m1/s1. The molecular formula is C13H24N2O2S. The Morgan fingerprint density at radius 1 is 1.56 bits per heavy atom. The van der Waals surface area contributed by atoms with Gasteiger partial charge in [0.2, 0.25) is 5.91 Å². The van der Waals surface area contributed by atoms with Gasteiger partial charge >= 0.3 is 0 Å². The molecule has 1 heterocycles. The second-order valence-corrected chi connectivity index (χ2v) is 6.77. The first-order valence-electron chi connectivity index (χ1n) is 6.67. The molecule has 0 unspecified atom stereocenters. The Hall–Kier alpha value is -0.260. The van der Waals surface area contributed by atoms with Crippen LogP contribution in [0.2, 0.25) is 0 Å². The van der Waals surface area contributed by atoms with E-state index in [-0.39, 0.29) is 23.5 Å². The van der Waals surface area contributed by atoms with Crippen LogP contribution in [0, 0.1) is 5.41 Å². The van der Waals surface area contributed by atoms with Crippen molar-refractivity contribution >= 4 is 17.7 Å². The van der Waals surface area contributed by atoms with Crippen LogP contribution in [0.3, 0.4) is 0 Å². The van der Waals surface area contributed by atoms with E-state index in [9.17, 15) is 4.79 Å². The van der Waals surface area contributed by atoms with Crippen LogP contribution < -0.4 is 5.32 Å². The second kappa shape index (κ2) is 5.39. The Kier molecular flexibility index (Phi) is 4.24. The minimum absolute atomic E-state index is 0.00180.